The maximum Gasteiger partial charge on any atom is 0.255 e. The van der Waals surface area contributed by atoms with Gasteiger partial charge in [-0.25, -0.2) is 0 Å². The molecule has 0 fully saturated rings. The third-order valence-corrected chi connectivity index (χ3v) is 2.91. The minimum Gasteiger partial charge on any atom is -0.507 e. The normalized spacial score (nSPS) is 11.8. The molecule has 2 rings (SSSR count). The van der Waals surface area contributed by atoms with Gasteiger partial charge in [0.1, 0.15) is 5.75 Å². The van der Waals surface area contributed by atoms with Crippen molar-refractivity contribution in [1.82, 2.24) is 5.32 Å². The second-order valence-corrected chi connectivity index (χ2v) is 4.58. The van der Waals surface area contributed by atoms with Crippen LogP contribution in [0.25, 0.3) is 0 Å². The Morgan fingerprint density at radius 2 is 1.74 bits per heavy atom. The summed E-state index contributed by atoms with van der Waals surface area (Å²) in [4.78, 5) is 12.0. The molecule has 98 valence electrons. The first-order valence-corrected chi connectivity index (χ1v) is 6.29. The molecule has 0 bridgehead atoms. The molecule has 2 aromatic carbocycles. The second-order valence-electron chi connectivity index (χ2n) is 4.58. The number of amides is 1. The first-order chi connectivity index (χ1) is 9.16. The molecule has 2 N–H and O–H groups in total. The number of para-hydroxylation sites is 1. The van der Waals surface area contributed by atoms with Crippen molar-refractivity contribution in [2.24, 2.45) is 0 Å². The van der Waals surface area contributed by atoms with Crippen molar-refractivity contribution in [3.8, 4) is 5.75 Å². The van der Waals surface area contributed by atoms with Crippen LogP contribution in [-0.2, 0) is 6.42 Å². The van der Waals surface area contributed by atoms with Gasteiger partial charge >= 0.3 is 0 Å². The molecule has 0 radical (unpaired) electrons. The maximum absolute atomic E-state index is 12.0. The lowest BCUT2D eigenvalue weighted by Crippen LogP contribution is -2.34. The van der Waals surface area contributed by atoms with Crippen molar-refractivity contribution in [2.75, 3.05) is 0 Å². The van der Waals surface area contributed by atoms with E-state index in [2.05, 4.69) is 5.32 Å². The largest absolute Gasteiger partial charge is 0.507 e. The van der Waals surface area contributed by atoms with Gasteiger partial charge in [-0.1, -0.05) is 42.5 Å². The smallest absolute Gasteiger partial charge is 0.255 e. The minimum atomic E-state index is -0.249. The average molecular weight is 255 g/mol. The van der Waals surface area contributed by atoms with E-state index in [0.717, 1.165) is 6.42 Å². The van der Waals surface area contributed by atoms with Crippen molar-refractivity contribution in [1.29, 1.82) is 0 Å². The number of hydrogen-bond acceptors (Lipinski definition) is 2. The first kappa shape index (κ1) is 13.1. The Morgan fingerprint density at radius 1 is 1.11 bits per heavy atom. The molecule has 3 heteroatoms. The van der Waals surface area contributed by atoms with Crippen molar-refractivity contribution >= 4 is 5.91 Å². The number of nitrogens with one attached hydrogen (secondary N) is 1. The van der Waals surface area contributed by atoms with Gasteiger partial charge in [-0.3, -0.25) is 4.79 Å². The number of aromatic hydroxyl groups is 1. The summed E-state index contributed by atoms with van der Waals surface area (Å²) in [7, 11) is 0. The molecule has 0 spiro atoms. The zero-order chi connectivity index (χ0) is 13.7. The molecule has 1 amide bonds. The average Bonchev–Trinajstić information content (AvgIpc) is 2.40. The van der Waals surface area contributed by atoms with Crippen LogP contribution in [-0.4, -0.2) is 17.1 Å². The number of carbonyl (C=O) groups is 1. The van der Waals surface area contributed by atoms with Gasteiger partial charge in [0.25, 0.3) is 5.91 Å². The van der Waals surface area contributed by atoms with Gasteiger partial charge in [-0.05, 0) is 31.0 Å². The van der Waals surface area contributed by atoms with Crippen molar-refractivity contribution in [3.05, 3.63) is 65.7 Å². The van der Waals surface area contributed by atoms with Gasteiger partial charge in [0.2, 0.25) is 0 Å². The third-order valence-electron chi connectivity index (χ3n) is 2.91. The molecular formula is C16H17NO2. The number of phenolic OH excluding ortho intramolecular Hbond substituents is 1. The highest BCUT2D eigenvalue weighted by Gasteiger charge is 2.13. The number of phenols is 1. The standard InChI is InChI=1S/C16H17NO2/c1-12(11-13-7-3-2-4-8-13)17-16(19)14-9-5-6-10-15(14)18/h2-10,12,18H,11H2,1H3,(H,17,19)/t12-/m1/s1. The lowest BCUT2D eigenvalue weighted by atomic mass is 10.1. The van der Waals surface area contributed by atoms with E-state index in [1.165, 1.54) is 11.6 Å². The van der Waals surface area contributed by atoms with Gasteiger partial charge in [-0.15, -0.1) is 0 Å². The number of hydrogen-bond donors (Lipinski definition) is 2. The monoisotopic (exact) mass is 255 g/mol. The first-order valence-electron chi connectivity index (χ1n) is 6.29. The van der Waals surface area contributed by atoms with Crippen LogP contribution >= 0.6 is 0 Å². The molecule has 0 aliphatic heterocycles. The van der Waals surface area contributed by atoms with Crippen LogP contribution in [0, 0.1) is 0 Å². The Labute approximate surface area is 112 Å². The fourth-order valence-corrected chi connectivity index (χ4v) is 1.99. The van der Waals surface area contributed by atoms with E-state index >= 15 is 0 Å². The van der Waals surface area contributed by atoms with E-state index in [-0.39, 0.29) is 17.7 Å². The molecule has 0 unspecified atom stereocenters. The molecular weight excluding hydrogens is 238 g/mol. The Balaban J connectivity index is 1.98. The minimum absolute atomic E-state index is 0.00640. The van der Waals surface area contributed by atoms with E-state index < -0.39 is 0 Å². The van der Waals surface area contributed by atoms with Crippen LogP contribution in [0.4, 0.5) is 0 Å². The Bertz CT molecular complexity index is 552. The molecule has 0 heterocycles. The highest BCUT2D eigenvalue weighted by Crippen LogP contribution is 2.15. The van der Waals surface area contributed by atoms with Gasteiger partial charge in [0, 0.05) is 6.04 Å². The molecule has 1 atom stereocenters. The Kier molecular flexibility index (Phi) is 4.18. The molecule has 0 aliphatic carbocycles. The van der Waals surface area contributed by atoms with Crippen LogP contribution in [0.15, 0.2) is 54.6 Å². The van der Waals surface area contributed by atoms with Crippen LogP contribution in [0.1, 0.15) is 22.8 Å². The van der Waals surface area contributed by atoms with E-state index in [4.69, 9.17) is 0 Å². The molecule has 0 saturated carbocycles. The lowest BCUT2D eigenvalue weighted by molar-refractivity contribution is 0.0937. The van der Waals surface area contributed by atoms with E-state index in [9.17, 15) is 9.90 Å². The van der Waals surface area contributed by atoms with Gasteiger partial charge < -0.3 is 10.4 Å². The van der Waals surface area contributed by atoms with Crippen molar-refractivity contribution in [2.45, 2.75) is 19.4 Å². The van der Waals surface area contributed by atoms with E-state index in [1.54, 1.807) is 18.2 Å². The second kappa shape index (κ2) is 6.05. The SMILES string of the molecule is C[C@H](Cc1ccccc1)NC(=O)c1ccccc1O. The van der Waals surface area contributed by atoms with Crippen molar-refractivity contribution in [3.63, 3.8) is 0 Å². The summed E-state index contributed by atoms with van der Waals surface area (Å²) >= 11 is 0. The Hall–Kier alpha value is -2.29. The molecule has 0 saturated heterocycles. The number of benzene rings is 2. The summed E-state index contributed by atoms with van der Waals surface area (Å²) in [5.41, 5.74) is 1.48. The molecule has 0 aromatic heterocycles. The molecule has 0 aliphatic rings. The van der Waals surface area contributed by atoms with Gasteiger partial charge in [0.05, 0.1) is 5.56 Å². The lowest BCUT2D eigenvalue weighted by Gasteiger charge is -2.14. The summed E-state index contributed by atoms with van der Waals surface area (Å²) in [6.07, 6.45) is 0.764. The topological polar surface area (TPSA) is 49.3 Å². The van der Waals surface area contributed by atoms with Gasteiger partial charge in [-0.2, -0.15) is 0 Å². The zero-order valence-electron chi connectivity index (χ0n) is 10.8. The van der Waals surface area contributed by atoms with Crippen LogP contribution in [0.3, 0.4) is 0 Å². The summed E-state index contributed by atoms with van der Waals surface area (Å²) in [6, 6.07) is 16.5. The fourth-order valence-electron chi connectivity index (χ4n) is 1.99. The van der Waals surface area contributed by atoms with Crippen LogP contribution in [0.2, 0.25) is 0 Å². The van der Waals surface area contributed by atoms with E-state index in [0.29, 0.717) is 5.56 Å². The maximum atomic E-state index is 12.0. The molecule has 19 heavy (non-hydrogen) atoms. The molecule has 2 aromatic rings. The van der Waals surface area contributed by atoms with E-state index in [1.807, 2.05) is 37.3 Å². The highest BCUT2D eigenvalue weighted by atomic mass is 16.3. The summed E-state index contributed by atoms with van der Waals surface area (Å²) in [6.45, 7) is 1.95. The summed E-state index contributed by atoms with van der Waals surface area (Å²) in [5, 5.41) is 12.5. The summed E-state index contributed by atoms with van der Waals surface area (Å²) < 4.78 is 0. The van der Waals surface area contributed by atoms with Crippen LogP contribution < -0.4 is 5.32 Å². The fraction of sp³-hybridized carbons (Fsp3) is 0.188. The predicted octanol–water partition coefficient (Wildman–Crippen LogP) is 2.75. The Morgan fingerprint density at radius 3 is 2.42 bits per heavy atom. The number of rotatable bonds is 4. The van der Waals surface area contributed by atoms with Crippen LogP contribution in [0.5, 0.6) is 5.75 Å². The summed E-state index contributed by atoms with van der Waals surface area (Å²) in [5.74, 6) is -0.242. The number of carbonyl (C=O) groups excluding carboxylic acids is 1. The highest BCUT2D eigenvalue weighted by molar-refractivity contribution is 5.96. The van der Waals surface area contributed by atoms with Gasteiger partial charge in [0.15, 0.2) is 0 Å². The zero-order valence-corrected chi connectivity index (χ0v) is 10.8. The third kappa shape index (κ3) is 3.58. The van der Waals surface area contributed by atoms with Crippen molar-refractivity contribution < 1.29 is 9.90 Å². The predicted molar refractivity (Wildman–Crippen MR) is 75.2 cm³/mol. The molecule has 3 nitrogen and oxygen atoms in total. The quantitative estimate of drug-likeness (QED) is 0.882.